The third-order valence-electron chi connectivity index (χ3n) is 4.66. The van der Waals surface area contributed by atoms with E-state index in [-0.39, 0.29) is 18.2 Å². The van der Waals surface area contributed by atoms with E-state index in [2.05, 4.69) is 11.4 Å². The SMILES string of the molecule is Cc1ccc2c(c1)C1NC(=O)N(C)C3(CCCOC13)O2. The molecule has 1 aromatic rings. The Bertz CT molecular complexity index is 588. The van der Waals surface area contributed by atoms with Gasteiger partial charge in [-0.15, -0.1) is 0 Å². The number of benzene rings is 1. The normalized spacial score (nSPS) is 34.7. The van der Waals surface area contributed by atoms with E-state index in [0.717, 1.165) is 36.3 Å². The average molecular weight is 274 g/mol. The van der Waals surface area contributed by atoms with Gasteiger partial charge in [-0.1, -0.05) is 17.7 Å². The number of ether oxygens (including phenoxy) is 2. The van der Waals surface area contributed by atoms with Crippen molar-refractivity contribution in [2.45, 2.75) is 37.6 Å². The van der Waals surface area contributed by atoms with Crippen molar-refractivity contribution >= 4 is 6.03 Å². The van der Waals surface area contributed by atoms with E-state index in [4.69, 9.17) is 9.47 Å². The van der Waals surface area contributed by atoms with E-state index in [1.54, 1.807) is 11.9 Å². The third-order valence-corrected chi connectivity index (χ3v) is 4.66. The fourth-order valence-corrected chi connectivity index (χ4v) is 3.61. The number of carbonyl (C=O) groups excluding carboxylic acids is 1. The molecule has 3 aliphatic heterocycles. The predicted molar refractivity (Wildman–Crippen MR) is 72.5 cm³/mol. The van der Waals surface area contributed by atoms with E-state index < -0.39 is 5.72 Å². The van der Waals surface area contributed by atoms with Crippen molar-refractivity contribution in [1.29, 1.82) is 0 Å². The average Bonchev–Trinajstić information content (AvgIpc) is 2.45. The Hall–Kier alpha value is -1.75. The first-order valence-corrected chi connectivity index (χ1v) is 7.07. The van der Waals surface area contributed by atoms with Crippen LogP contribution in [0.2, 0.25) is 0 Å². The number of carbonyl (C=O) groups is 1. The fraction of sp³-hybridized carbons (Fsp3) is 0.533. The van der Waals surface area contributed by atoms with Gasteiger partial charge in [0.1, 0.15) is 11.9 Å². The molecule has 106 valence electrons. The Kier molecular flexibility index (Phi) is 2.33. The fourth-order valence-electron chi connectivity index (χ4n) is 3.61. The van der Waals surface area contributed by atoms with E-state index in [9.17, 15) is 4.79 Å². The van der Waals surface area contributed by atoms with Crippen molar-refractivity contribution in [3.8, 4) is 5.75 Å². The van der Waals surface area contributed by atoms with Crippen LogP contribution in [0.4, 0.5) is 4.79 Å². The topological polar surface area (TPSA) is 50.8 Å². The van der Waals surface area contributed by atoms with Crippen LogP contribution >= 0.6 is 0 Å². The molecule has 3 atom stereocenters. The Balaban J connectivity index is 1.90. The summed E-state index contributed by atoms with van der Waals surface area (Å²) >= 11 is 0. The lowest BCUT2D eigenvalue weighted by atomic mass is 9.82. The number of fused-ring (bicyclic) bond motifs is 2. The molecule has 5 nitrogen and oxygen atoms in total. The van der Waals surface area contributed by atoms with Crippen LogP contribution in [-0.2, 0) is 4.74 Å². The zero-order chi connectivity index (χ0) is 13.9. The largest absolute Gasteiger partial charge is 0.465 e. The van der Waals surface area contributed by atoms with Gasteiger partial charge in [-0.3, -0.25) is 4.90 Å². The van der Waals surface area contributed by atoms with Crippen LogP contribution in [-0.4, -0.2) is 36.4 Å². The Morgan fingerprint density at radius 2 is 2.30 bits per heavy atom. The molecule has 2 bridgehead atoms. The second-order valence-corrected chi connectivity index (χ2v) is 5.87. The molecule has 0 radical (unpaired) electrons. The van der Waals surface area contributed by atoms with Gasteiger partial charge in [-0.25, -0.2) is 4.79 Å². The molecule has 0 saturated carbocycles. The molecule has 2 saturated heterocycles. The van der Waals surface area contributed by atoms with E-state index in [0.29, 0.717) is 0 Å². The molecule has 0 aliphatic carbocycles. The number of nitrogens with one attached hydrogen (secondary N) is 1. The molecular formula is C15H18N2O3. The van der Waals surface area contributed by atoms with Crippen LogP contribution in [0.25, 0.3) is 0 Å². The molecule has 5 heteroatoms. The Labute approximate surface area is 117 Å². The minimum atomic E-state index is -0.659. The lowest BCUT2D eigenvalue weighted by Gasteiger charge is -2.57. The first-order valence-electron chi connectivity index (χ1n) is 7.07. The van der Waals surface area contributed by atoms with Gasteiger partial charge in [0.15, 0.2) is 0 Å². The summed E-state index contributed by atoms with van der Waals surface area (Å²) in [5, 5.41) is 3.06. The van der Waals surface area contributed by atoms with Gasteiger partial charge in [-0.05, 0) is 19.4 Å². The minimum absolute atomic E-state index is 0.0936. The summed E-state index contributed by atoms with van der Waals surface area (Å²) < 4.78 is 12.2. The molecule has 0 spiro atoms. The van der Waals surface area contributed by atoms with Gasteiger partial charge < -0.3 is 14.8 Å². The molecule has 3 unspecified atom stereocenters. The van der Waals surface area contributed by atoms with E-state index in [1.807, 2.05) is 19.1 Å². The zero-order valence-corrected chi connectivity index (χ0v) is 11.7. The first-order chi connectivity index (χ1) is 9.62. The van der Waals surface area contributed by atoms with Crippen LogP contribution in [0.5, 0.6) is 5.75 Å². The third kappa shape index (κ3) is 1.38. The zero-order valence-electron chi connectivity index (χ0n) is 11.7. The number of likely N-dealkylation sites (N-methyl/N-ethyl adjacent to an activating group) is 1. The highest BCUT2D eigenvalue weighted by atomic mass is 16.6. The highest BCUT2D eigenvalue weighted by molar-refractivity contribution is 5.77. The van der Waals surface area contributed by atoms with Gasteiger partial charge in [0.05, 0.1) is 6.04 Å². The molecule has 1 aromatic carbocycles. The van der Waals surface area contributed by atoms with Gasteiger partial charge >= 0.3 is 6.03 Å². The number of rotatable bonds is 0. The maximum Gasteiger partial charge on any atom is 0.320 e. The number of urea groups is 1. The van der Waals surface area contributed by atoms with Gasteiger partial charge in [-0.2, -0.15) is 0 Å². The summed E-state index contributed by atoms with van der Waals surface area (Å²) in [6, 6.07) is 5.90. The van der Waals surface area contributed by atoms with Crippen LogP contribution in [0.15, 0.2) is 18.2 Å². The minimum Gasteiger partial charge on any atom is -0.465 e. The number of hydrogen-bond acceptors (Lipinski definition) is 3. The van der Waals surface area contributed by atoms with Crippen LogP contribution < -0.4 is 10.1 Å². The van der Waals surface area contributed by atoms with Gasteiger partial charge in [0.25, 0.3) is 0 Å². The monoisotopic (exact) mass is 274 g/mol. The number of aryl methyl sites for hydroxylation is 1. The lowest BCUT2D eigenvalue weighted by Crippen LogP contribution is -2.74. The number of amides is 2. The Morgan fingerprint density at radius 3 is 3.15 bits per heavy atom. The summed E-state index contributed by atoms with van der Waals surface area (Å²) in [4.78, 5) is 13.9. The molecule has 20 heavy (non-hydrogen) atoms. The summed E-state index contributed by atoms with van der Waals surface area (Å²) in [6.45, 7) is 2.76. The number of nitrogens with zero attached hydrogens (tertiary/aromatic N) is 1. The standard InChI is InChI=1S/C15H18N2O3/c1-9-4-5-11-10(8-9)12-13-15(20-11,6-3-7-19-13)17(2)14(18)16-12/h4-5,8,12-13H,3,6-7H2,1-2H3,(H,16,18). The molecule has 1 N–H and O–H groups in total. The van der Waals surface area contributed by atoms with E-state index in [1.165, 1.54) is 0 Å². The highest BCUT2D eigenvalue weighted by Crippen LogP contribution is 2.48. The van der Waals surface area contributed by atoms with Crippen molar-refractivity contribution in [2.24, 2.45) is 0 Å². The summed E-state index contributed by atoms with van der Waals surface area (Å²) in [7, 11) is 1.78. The predicted octanol–water partition coefficient (Wildman–Crippen LogP) is 1.96. The van der Waals surface area contributed by atoms with Crippen LogP contribution in [0.1, 0.15) is 30.0 Å². The van der Waals surface area contributed by atoms with Gasteiger partial charge in [0.2, 0.25) is 5.72 Å². The Morgan fingerprint density at radius 1 is 1.45 bits per heavy atom. The number of hydrogen-bond donors (Lipinski definition) is 1. The highest BCUT2D eigenvalue weighted by Gasteiger charge is 2.60. The quantitative estimate of drug-likeness (QED) is 0.787. The van der Waals surface area contributed by atoms with Gasteiger partial charge in [0, 0.05) is 25.6 Å². The summed E-state index contributed by atoms with van der Waals surface area (Å²) in [5.74, 6) is 0.856. The molecule has 0 aromatic heterocycles. The van der Waals surface area contributed by atoms with Crippen molar-refractivity contribution < 1.29 is 14.3 Å². The summed E-state index contributed by atoms with van der Waals surface area (Å²) in [5.41, 5.74) is 1.52. The molecule has 4 rings (SSSR count). The first kappa shape index (κ1) is 12.0. The van der Waals surface area contributed by atoms with Crippen molar-refractivity contribution in [1.82, 2.24) is 10.2 Å². The molecule has 3 heterocycles. The van der Waals surface area contributed by atoms with Crippen molar-refractivity contribution in [2.75, 3.05) is 13.7 Å². The van der Waals surface area contributed by atoms with Crippen molar-refractivity contribution in [3.63, 3.8) is 0 Å². The maximum absolute atomic E-state index is 12.2. The molecule has 2 fully saturated rings. The van der Waals surface area contributed by atoms with Crippen LogP contribution in [0.3, 0.4) is 0 Å². The second-order valence-electron chi connectivity index (χ2n) is 5.87. The van der Waals surface area contributed by atoms with Crippen LogP contribution in [0, 0.1) is 6.92 Å². The molecule has 3 aliphatic rings. The molecular weight excluding hydrogens is 256 g/mol. The summed E-state index contributed by atoms with van der Waals surface area (Å²) in [6.07, 6.45) is 1.57. The lowest BCUT2D eigenvalue weighted by molar-refractivity contribution is -0.218. The van der Waals surface area contributed by atoms with Crippen molar-refractivity contribution in [3.05, 3.63) is 29.3 Å². The smallest absolute Gasteiger partial charge is 0.320 e. The molecule has 2 amide bonds. The maximum atomic E-state index is 12.2. The van der Waals surface area contributed by atoms with E-state index >= 15 is 0 Å². The second kappa shape index (κ2) is 3.88.